The summed E-state index contributed by atoms with van der Waals surface area (Å²) in [6.07, 6.45) is 2.66. The van der Waals surface area contributed by atoms with Gasteiger partial charge in [-0.3, -0.25) is 0 Å². The second kappa shape index (κ2) is 3.58. The highest BCUT2D eigenvalue weighted by Gasteiger charge is 2.35. The molecule has 2 nitrogen and oxygen atoms in total. The van der Waals surface area contributed by atoms with Crippen LogP contribution in [0.25, 0.3) is 0 Å². The predicted molar refractivity (Wildman–Crippen MR) is 50.7 cm³/mol. The number of benzene rings is 1. The summed E-state index contributed by atoms with van der Waals surface area (Å²) in [7, 11) is 0. The predicted octanol–water partition coefficient (Wildman–Crippen LogP) is 2.12. The Morgan fingerprint density at radius 3 is 2.43 bits per heavy atom. The van der Waals surface area contributed by atoms with E-state index in [0.717, 1.165) is 19.3 Å². The van der Waals surface area contributed by atoms with Crippen molar-refractivity contribution in [3.8, 4) is 5.75 Å². The molecule has 76 valence electrons. The lowest BCUT2D eigenvalue weighted by atomic mass is 9.81. The van der Waals surface area contributed by atoms with Crippen molar-refractivity contribution in [2.45, 2.75) is 24.9 Å². The molecule has 0 aromatic heterocycles. The molecule has 1 aliphatic carbocycles. The molecule has 1 saturated carbocycles. The van der Waals surface area contributed by atoms with E-state index in [-0.39, 0.29) is 5.82 Å². The van der Waals surface area contributed by atoms with Crippen molar-refractivity contribution in [1.29, 1.82) is 0 Å². The summed E-state index contributed by atoms with van der Waals surface area (Å²) >= 11 is 0. The lowest BCUT2D eigenvalue weighted by Crippen LogP contribution is -2.42. The number of halogens is 1. The maximum atomic E-state index is 12.5. The Hall–Kier alpha value is -1.09. The van der Waals surface area contributed by atoms with Gasteiger partial charge in [-0.25, -0.2) is 4.39 Å². The van der Waals surface area contributed by atoms with Crippen molar-refractivity contribution in [3.05, 3.63) is 30.1 Å². The van der Waals surface area contributed by atoms with Crippen molar-refractivity contribution >= 4 is 0 Å². The van der Waals surface area contributed by atoms with Gasteiger partial charge in [-0.05, 0) is 43.5 Å². The van der Waals surface area contributed by atoms with Crippen molar-refractivity contribution in [2.75, 3.05) is 6.61 Å². The second-order valence-electron chi connectivity index (χ2n) is 3.82. The van der Waals surface area contributed by atoms with E-state index in [1.165, 1.54) is 12.1 Å². The van der Waals surface area contributed by atoms with Crippen LogP contribution >= 0.6 is 0 Å². The molecule has 0 heterocycles. The molecule has 3 heteroatoms. The highest BCUT2D eigenvalue weighted by Crippen LogP contribution is 2.31. The van der Waals surface area contributed by atoms with Crippen LogP contribution in [0.5, 0.6) is 5.75 Å². The average Bonchev–Trinajstić information content (AvgIpc) is 2.14. The third kappa shape index (κ3) is 2.04. The van der Waals surface area contributed by atoms with Gasteiger partial charge in [-0.1, -0.05) is 0 Å². The third-order valence-corrected chi connectivity index (χ3v) is 2.61. The Morgan fingerprint density at radius 1 is 1.29 bits per heavy atom. The molecule has 14 heavy (non-hydrogen) atoms. The average molecular weight is 196 g/mol. The smallest absolute Gasteiger partial charge is 0.123 e. The first kappa shape index (κ1) is 9.46. The molecule has 0 unspecified atom stereocenters. The van der Waals surface area contributed by atoms with Crippen LogP contribution in [0.4, 0.5) is 4.39 Å². The summed E-state index contributed by atoms with van der Waals surface area (Å²) in [5.74, 6) is 0.325. The molecule has 0 amide bonds. The fourth-order valence-corrected chi connectivity index (χ4v) is 1.48. The van der Waals surface area contributed by atoms with Crippen LogP contribution in [-0.2, 0) is 0 Å². The third-order valence-electron chi connectivity index (χ3n) is 2.61. The first-order chi connectivity index (χ1) is 6.68. The standard InChI is InChI=1S/C11H13FO2/c12-9-2-4-10(5-3-9)14-8-11(13)6-1-7-11/h2-5,13H,1,6-8H2. The van der Waals surface area contributed by atoms with E-state index in [2.05, 4.69) is 0 Å². The Morgan fingerprint density at radius 2 is 1.93 bits per heavy atom. The summed E-state index contributed by atoms with van der Waals surface area (Å²) in [6, 6.07) is 5.83. The van der Waals surface area contributed by atoms with Crippen LogP contribution < -0.4 is 4.74 Å². The topological polar surface area (TPSA) is 29.5 Å². The molecule has 1 aliphatic rings. The molecule has 0 aliphatic heterocycles. The first-order valence-corrected chi connectivity index (χ1v) is 4.79. The summed E-state index contributed by atoms with van der Waals surface area (Å²) in [5.41, 5.74) is -0.644. The zero-order valence-corrected chi connectivity index (χ0v) is 7.87. The minimum absolute atomic E-state index is 0.278. The summed E-state index contributed by atoms with van der Waals surface area (Å²) in [6.45, 7) is 0.304. The van der Waals surface area contributed by atoms with E-state index < -0.39 is 5.60 Å². The van der Waals surface area contributed by atoms with Crippen LogP contribution in [0.1, 0.15) is 19.3 Å². The van der Waals surface area contributed by atoms with Gasteiger partial charge < -0.3 is 9.84 Å². The zero-order valence-electron chi connectivity index (χ0n) is 7.87. The monoisotopic (exact) mass is 196 g/mol. The van der Waals surface area contributed by atoms with Gasteiger partial charge in [-0.2, -0.15) is 0 Å². The first-order valence-electron chi connectivity index (χ1n) is 4.79. The van der Waals surface area contributed by atoms with E-state index in [4.69, 9.17) is 4.74 Å². The van der Waals surface area contributed by atoms with Crippen molar-refractivity contribution in [3.63, 3.8) is 0 Å². The lowest BCUT2D eigenvalue weighted by Gasteiger charge is -2.35. The van der Waals surface area contributed by atoms with Gasteiger partial charge in [0.05, 0.1) is 5.60 Å². The SMILES string of the molecule is OC1(COc2ccc(F)cc2)CCC1. The Bertz CT molecular complexity index is 304. The number of aliphatic hydroxyl groups is 1. The van der Waals surface area contributed by atoms with Gasteiger partial charge in [0, 0.05) is 0 Å². The molecule has 1 aromatic rings. The van der Waals surface area contributed by atoms with Crippen LogP contribution in [-0.4, -0.2) is 17.3 Å². The minimum atomic E-state index is -0.644. The van der Waals surface area contributed by atoms with Gasteiger partial charge in [0.25, 0.3) is 0 Å². The van der Waals surface area contributed by atoms with Crippen LogP contribution in [0.3, 0.4) is 0 Å². The fourth-order valence-electron chi connectivity index (χ4n) is 1.48. The Balaban J connectivity index is 1.88. The number of rotatable bonds is 3. The molecule has 0 saturated heterocycles. The molecule has 0 radical (unpaired) electrons. The van der Waals surface area contributed by atoms with Crippen molar-refractivity contribution in [2.24, 2.45) is 0 Å². The van der Waals surface area contributed by atoms with E-state index in [1.807, 2.05) is 0 Å². The van der Waals surface area contributed by atoms with Gasteiger partial charge >= 0.3 is 0 Å². The molecular formula is C11H13FO2. The summed E-state index contributed by atoms with van der Waals surface area (Å²) in [5, 5.41) is 9.73. The van der Waals surface area contributed by atoms with Crippen LogP contribution in [0, 0.1) is 5.82 Å². The maximum Gasteiger partial charge on any atom is 0.123 e. The highest BCUT2D eigenvalue weighted by molar-refractivity contribution is 5.22. The second-order valence-corrected chi connectivity index (χ2v) is 3.82. The molecule has 1 N–H and O–H groups in total. The Kier molecular flexibility index (Phi) is 2.42. The van der Waals surface area contributed by atoms with Gasteiger partial charge in [-0.15, -0.1) is 0 Å². The Labute approximate surface area is 82.3 Å². The summed E-state index contributed by atoms with van der Waals surface area (Å²) in [4.78, 5) is 0. The van der Waals surface area contributed by atoms with E-state index >= 15 is 0 Å². The molecule has 0 bridgehead atoms. The van der Waals surface area contributed by atoms with Crippen molar-refractivity contribution < 1.29 is 14.2 Å². The normalized spacial score (nSPS) is 18.7. The van der Waals surface area contributed by atoms with Gasteiger partial charge in [0.2, 0.25) is 0 Å². The van der Waals surface area contributed by atoms with Gasteiger partial charge in [0.15, 0.2) is 0 Å². The number of hydrogen-bond acceptors (Lipinski definition) is 2. The van der Waals surface area contributed by atoms with Crippen LogP contribution in [0.2, 0.25) is 0 Å². The highest BCUT2D eigenvalue weighted by atomic mass is 19.1. The largest absolute Gasteiger partial charge is 0.491 e. The molecule has 0 atom stereocenters. The van der Waals surface area contributed by atoms with Crippen LogP contribution in [0.15, 0.2) is 24.3 Å². The maximum absolute atomic E-state index is 12.5. The van der Waals surface area contributed by atoms with Gasteiger partial charge in [0.1, 0.15) is 18.2 Å². The van der Waals surface area contributed by atoms with Crippen molar-refractivity contribution in [1.82, 2.24) is 0 Å². The lowest BCUT2D eigenvalue weighted by molar-refractivity contribution is -0.0663. The zero-order chi connectivity index (χ0) is 10.0. The molecule has 0 spiro atoms. The molecule has 1 aromatic carbocycles. The summed E-state index contributed by atoms with van der Waals surface area (Å²) < 4.78 is 17.9. The number of hydrogen-bond donors (Lipinski definition) is 1. The fraction of sp³-hybridized carbons (Fsp3) is 0.455. The van der Waals surface area contributed by atoms with E-state index in [0.29, 0.717) is 12.4 Å². The minimum Gasteiger partial charge on any atom is -0.491 e. The molecular weight excluding hydrogens is 183 g/mol. The molecule has 1 fully saturated rings. The molecule has 2 rings (SSSR count). The quantitative estimate of drug-likeness (QED) is 0.802. The number of ether oxygens (including phenoxy) is 1. The van der Waals surface area contributed by atoms with E-state index in [1.54, 1.807) is 12.1 Å². The van der Waals surface area contributed by atoms with E-state index in [9.17, 15) is 9.50 Å².